The van der Waals surface area contributed by atoms with Crippen molar-refractivity contribution in [3.63, 3.8) is 0 Å². The Balaban J connectivity index is 1.37. The minimum Gasteiger partial charge on any atom is -0.166 e. The molecule has 0 unspecified atom stereocenters. The summed E-state index contributed by atoms with van der Waals surface area (Å²) in [6.45, 7) is 4.13. The number of alkyl halides is 6. The summed E-state index contributed by atoms with van der Waals surface area (Å²) >= 11 is 0. The summed E-state index contributed by atoms with van der Waals surface area (Å²) in [5, 5.41) is 18.0. The van der Waals surface area contributed by atoms with Crippen LogP contribution in [0.1, 0.15) is 22.3 Å². The van der Waals surface area contributed by atoms with Crippen LogP contribution in [0.15, 0.2) is 146 Å². The first-order valence-electron chi connectivity index (χ1n) is 19.8. The highest BCUT2D eigenvalue weighted by atomic mass is 19.4. The summed E-state index contributed by atoms with van der Waals surface area (Å²) in [7, 11) is 0. The summed E-state index contributed by atoms with van der Waals surface area (Å²) in [4.78, 5) is 0. The lowest BCUT2D eigenvalue weighted by atomic mass is 9.85. The fourth-order valence-electron chi connectivity index (χ4n) is 10.4. The summed E-state index contributed by atoms with van der Waals surface area (Å²) in [5.41, 5.74) is 3.42. The van der Waals surface area contributed by atoms with Crippen LogP contribution >= 0.6 is 0 Å². The van der Waals surface area contributed by atoms with Crippen molar-refractivity contribution in [1.82, 2.24) is 0 Å². The average molecular weight is 793 g/mol. The lowest BCUT2D eigenvalue weighted by molar-refractivity contribution is -0.138. The Kier molecular flexibility index (Phi) is 6.93. The number of aryl methyl sites for hydroxylation is 2. The summed E-state index contributed by atoms with van der Waals surface area (Å²) in [6, 6.07) is 44.7. The van der Waals surface area contributed by atoms with Crippen LogP contribution in [-0.2, 0) is 12.4 Å². The van der Waals surface area contributed by atoms with E-state index < -0.39 is 23.5 Å². The van der Waals surface area contributed by atoms with Gasteiger partial charge in [-0.1, -0.05) is 97.1 Å². The Morgan fingerprint density at radius 2 is 0.650 bits per heavy atom. The van der Waals surface area contributed by atoms with E-state index in [1.54, 1.807) is 24.3 Å². The third kappa shape index (κ3) is 4.82. The minimum atomic E-state index is -4.53. The average Bonchev–Trinajstić information content (AvgIpc) is 3.70. The van der Waals surface area contributed by atoms with E-state index in [0.717, 1.165) is 143 Å². The van der Waals surface area contributed by atoms with Gasteiger partial charge < -0.3 is 0 Å². The van der Waals surface area contributed by atoms with Crippen molar-refractivity contribution in [3.05, 3.63) is 168 Å². The molecule has 0 nitrogen and oxygen atoms in total. The van der Waals surface area contributed by atoms with Crippen molar-refractivity contribution in [2.75, 3.05) is 0 Å². The topological polar surface area (TPSA) is 0 Å². The molecule has 6 heteroatoms. The van der Waals surface area contributed by atoms with E-state index in [9.17, 15) is 26.3 Å². The van der Waals surface area contributed by atoms with Gasteiger partial charge in [-0.2, -0.15) is 26.3 Å². The fourth-order valence-corrected chi connectivity index (χ4v) is 10.4. The van der Waals surface area contributed by atoms with E-state index in [2.05, 4.69) is 79.7 Å². The van der Waals surface area contributed by atoms with E-state index in [-0.39, 0.29) is 0 Å². The third-order valence-electron chi connectivity index (χ3n) is 12.8. The molecule has 0 heterocycles. The van der Waals surface area contributed by atoms with Crippen molar-refractivity contribution >= 4 is 97.0 Å². The molecule has 0 N–H and O–H groups in total. The Morgan fingerprint density at radius 3 is 1.10 bits per heavy atom. The zero-order chi connectivity index (χ0) is 41.0. The molecule has 0 saturated heterocycles. The van der Waals surface area contributed by atoms with Crippen LogP contribution in [0.4, 0.5) is 26.3 Å². The van der Waals surface area contributed by atoms with Gasteiger partial charge in [-0.25, -0.2) is 0 Å². The van der Waals surface area contributed by atoms with Crippen LogP contribution in [-0.4, -0.2) is 0 Å². The minimum absolute atomic E-state index is 0.615. The number of fused-ring (bicyclic) bond motifs is 11. The quantitative estimate of drug-likeness (QED) is 0.121. The molecule has 0 aromatic heterocycles. The molecule has 12 aromatic rings. The van der Waals surface area contributed by atoms with Crippen LogP contribution in [0, 0.1) is 13.8 Å². The SMILES string of the molecule is Cc1cc2c3ccccc3cc3c4cc5c(-c6ccc(C(F)(F)F)cc6)c6c7cc(C)cc8c9ccccc9cc(c6c(-c6ccc(C(F)(F)F)cc6)c5cc4c(c1)c23)c87. The zero-order valence-electron chi connectivity index (χ0n) is 32.1. The molecule has 0 aliphatic heterocycles. The van der Waals surface area contributed by atoms with Gasteiger partial charge in [0.05, 0.1) is 11.1 Å². The number of halogens is 6. The molecule has 12 rings (SSSR count). The molecule has 288 valence electrons. The predicted molar refractivity (Wildman–Crippen MR) is 237 cm³/mol. The first-order chi connectivity index (χ1) is 28.8. The van der Waals surface area contributed by atoms with Gasteiger partial charge in [-0.15, -0.1) is 0 Å². The molecule has 0 atom stereocenters. The number of hydrogen-bond donors (Lipinski definition) is 0. The first-order valence-corrected chi connectivity index (χ1v) is 19.8. The van der Waals surface area contributed by atoms with Crippen molar-refractivity contribution in [3.8, 4) is 22.3 Å². The van der Waals surface area contributed by atoms with Gasteiger partial charge in [0.2, 0.25) is 0 Å². The maximum Gasteiger partial charge on any atom is 0.416 e. The molecule has 60 heavy (non-hydrogen) atoms. The zero-order valence-corrected chi connectivity index (χ0v) is 32.1. The van der Waals surface area contributed by atoms with Gasteiger partial charge in [-0.3, -0.25) is 0 Å². The maximum absolute atomic E-state index is 14.1. The van der Waals surface area contributed by atoms with Gasteiger partial charge in [-0.05, 0) is 193 Å². The Labute approximate surface area is 338 Å². The molecule has 0 amide bonds. The van der Waals surface area contributed by atoms with Gasteiger partial charge in [0, 0.05) is 0 Å². The highest BCUT2D eigenvalue weighted by molar-refractivity contribution is 6.44. The maximum atomic E-state index is 14.1. The Hall–Kier alpha value is -6.92. The molecule has 0 spiro atoms. The van der Waals surface area contributed by atoms with E-state index in [1.165, 1.54) is 0 Å². The molecular formula is C54H30F6. The van der Waals surface area contributed by atoms with Crippen LogP contribution in [0.25, 0.3) is 119 Å². The van der Waals surface area contributed by atoms with Crippen LogP contribution in [0.5, 0.6) is 0 Å². The second-order valence-corrected chi connectivity index (χ2v) is 16.4. The summed E-state index contributed by atoms with van der Waals surface area (Å²) in [6.07, 6.45) is -9.06. The first kappa shape index (κ1) is 35.1. The van der Waals surface area contributed by atoms with Crippen molar-refractivity contribution in [2.24, 2.45) is 0 Å². The monoisotopic (exact) mass is 792 g/mol. The molecule has 0 saturated carbocycles. The van der Waals surface area contributed by atoms with E-state index >= 15 is 0 Å². The van der Waals surface area contributed by atoms with Crippen LogP contribution in [0.3, 0.4) is 0 Å². The van der Waals surface area contributed by atoms with Crippen LogP contribution in [0.2, 0.25) is 0 Å². The predicted octanol–water partition coefficient (Wildman–Crippen LogP) is 16.9. The van der Waals surface area contributed by atoms with E-state index in [4.69, 9.17) is 0 Å². The fraction of sp³-hybridized carbons (Fsp3) is 0.0741. The number of hydrogen-bond acceptors (Lipinski definition) is 0. The second-order valence-electron chi connectivity index (χ2n) is 16.4. The normalized spacial score (nSPS) is 13.0. The Bertz CT molecular complexity index is 3780. The largest absolute Gasteiger partial charge is 0.416 e. The Morgan fingerprint density at radius 1 is 0.300 bits per heavy atom. The molecule has 0 aliphatic carbocycles. The molecule has 0 bridgehead atoms. The lowest BCUT2D eigenvalue weighted by Crippen LogP contribution is -2.04. The molecule has 0 fully saturated rings. The summed E-state index contributed by atoms with van der Waals surface area (Å²) < 4.78 is 84.6. The number of benzene rings is 10. The highest BCUT2D eigenvalue weighted by Gasteiger charge is 2.32. The standard InChI is InChI=1S/C54H30F6/c1-27-19-39-35-9-5-3-7-31(35)23-42-38-26-44-43(25-37(38)41(21-27)49(39)42)48(30-13-17-34(18-14-30)54(58,59)60)52-46-24-32-8-4-6-10-36(32)40-20-28(2)22-45(50(40)46)51(52)47(44)29-11-15-33(16-12-29)53(55,56)57/h3-26H,1-2H3. The lowest BCUT2D eigenvalue weighted by Gasteiger charge is -2.18. The van der Waals surface area contributed by atoms with Crippen molar-refractivity contribution in [1.29, 1.82) is 0 Å². The summed E-state index contributed by atoms with van der Waals surface area (Å²) in [5.74, 6) is 0. The highest BCUT2D eigenvalue weighted by Crippen LogP contribution is 2.55. The van der Waals surface area contributed by atoms with Gasteiger partial charge >= 0.3 is 12.4 Å². The van der Waals surface area contributed by atoms with Gasteiger partial charge in [0.25, 0.3) is 0 Å². The van der Waals surface area contributed by atoms with Gasteiger partial charge in [0.1, 0.15) is 0 Å². The van der Waals surface area contributed by atoms with Crippen molar-refractivity contribution < 1.29 is 26.3 Å². The third-order valence-corrected chi connectivity index (χ3v) is 12.8. The molecular weight excluding hydrogens is 763 g/mol. The molecule has 0 aliphatic rings. The van der Waals surface area contributed by atoms with E-state index in [1.807, 2.05) is 31.2 Å². The molecule has 12 aromatic carbocycles. The smallest absolute Gasteiger partial charge is 0.166 e. The second kappa shape index (κ2) is 11.9. The van der Waals surface area contributed by atoms with E-state index in [0.29, 0.717) is 11.1 Å². The van der Waals surface area contributed by atoms with Crippen LogP contribution < -0.4 is 0 Å². The van der Waals surface area contributed by atoms with Gasteiger partial charge in [0.15, 0.2) is 0 Å². The van der Waals surface area contributed by atoms with Crippen molar-refractivity contribution in [2.45, 2.75) is 26.2 Å². The number of rotatable bonds is 2. The molecule has 0 radical (unpaired) electrons.